The molecule has 1 aliphatic heterocycles. The molecule has 1 amide bonds. The number of allylic oxidation sites excluding steroid dienone is 1. The van der Waals surface area contributed by atoms with E-state index in [2.05, 4.69) is 25.3 Å². The Morgan fingerprint density at radius 2 is 1.70 bits per heavy atom. The van der Waals surface area contributed by atoms with Gasteiger partial charge >= 0.3 is 5.97 Å². The van der Waals surface area contributed by atoms with Crippen LogP contribution in [0.1, 0.15) is 40.5 Å². The predicted molar refractivity (Wildman–Crippen MR) is 190 cm³/mol. The monoisotopic (exact) mass is 670 g/mol. The van der Waals surface area contributed by atoms with E-state index in [4.69, 9.17) is 44.9 Å². The number of halogens is 2. The van der Waals surface area contributed by atoms with Gasteiger partial charge in [0.05, 0.1) is 17.5 Å². The highest BCUT2D eigenvalue weighted by molar-refractivity contribution is 8.32. The van der Waals surface area contributed by atoms with Crippen molar-refractivity contribution in [1.82, 2.24) is 4.90 Å². The zero-order valence-corrected chi connectivity index (χ0v) is 29.8. The van der Waals surface area contributed by atoms with E-state index >= 15 is 0 Å². The van der Waals surface area contributed by atoms with Gasteiger partial charge in [-0.05, 0) is 89.6 Å². The van der Waals surface area contributed by atoms with Crippen LogP contribution in [0.25, 0.3) is 0 Å². The molecule has 1 atom stereocenters. The van der Waals surface area contributed by atoms with Gasteiger partial charge in [-0.25, -0.2) is 10.0 Å². The SMILES string of the molecule is C=CC.CC(C)(C)OC(=O)CN1CC(C(=O)N(COCCS(C)(C)C)c2cccc(Cl)c2)CCC1=S.Clc1ccccc1. The van der Waals surface area contributed by atoms with Crippen molar-refractivity contribution in [2.45, 2.75) is 46.1 Å². The standard InChI is InChI=1S/C24H37ClN2O4S2.C6H5Cl.C3H6/c1-24(2,3)31-22(28)16-26-15-18(10-11-21(26)32)23(29)27(17-30-12-13-33(4,5)6)20-9-7-8-19(25)14-20;7-6-4-2-1-3-5-6;1-3-2/h7-9,14,18H,10-13,15-17H2,1-6H3;1-5H;3H,1H2,2H3. The molecule has 0 saturated carbocycles. The Balaban J connectivity index is 0.000000784. The molecule has 2 aromatic carbocycles. The highest BCUT2D eigenvalue weighted by atomic mass is 35.5. The van der Waals surface area contributed by atoms with E-state index in [1.54, 1.807) is 28.0 Å². The maximum Gasteiger partial charge on any atom is 0.326 e. The number of piperidine rings is 1. The van der Waals surface area contributed by atoms with Crippen LogP contribution in [0.5, 0.6) is 0 Å². The van der Waals surface area contributed by atoms with E-state index in [1.165, 1.54) is 0 Å². The van der Waals surface area contributed by atoms with Gasteiger partial charge in [0.2, 0.25) is 5.91 Å². The fraction of sp³-hybridized carbons (Fsp3) is 0.485. The first kappa shape index (κ1) is 38.9. The first-order valence-corrected chi connectivity index (χ1v) is 18.3. The van der Waals surface area contributed by atoms with Crippen molar-refractivity contribution in [2.24, 2.45) is 5.92 Å². The maximum atomic E-state index is 13.6. The molecule has 0 aliphatic carbocycles. The number of amides is 1. The Morgan fingerprint density at radius 1 is 1.09 bits per heavy atom. The summed E-state index contributed by atoms with van der Waals surface area (Å²) in [5.41, 5.74) is 0.126. The van der Waals surface area contributed by atoms with Gasteiger partial charge in [0.1, 0.15) is 18.9 Å². The number of anilines is 1. The number of rotatable bonds is 9. The third-order valence-corrected chi connectivity index (χ3v) is 8.11. The quantitative estimate of drug-likeness (QED) is 0.0880. The molecule has 0 bridgehead atoms. The predicted octanol–water partition coefficient (Wildman–Crippen LogP) is 8.25. The Labute approximate surface area is 276 Å². The molecule has 1 fully saturated rings. The molecule has 6 nitrogen and oxygen atoms in total. The van der Waals surface area contributed by atoms with Gasteiger partial charge in [0.25, 0.3) is 0 Å². The molecule has 1 saturated heterocycles. The second-order valence-electron chi connectivity index (χ2n) is 11.9. The lowest BCUT2D eigenvalue weighted by Crippen LogP contribution is -2.49. The second kappa shape index (κ2) is 19.3. The number of ether oxygens (including phenoxy) is 2. The molecule has 0 radical (unpaired) electrons. The normalized spacial score (nSPS) is 15.2. The van der Waals surface area contributed by atoms with Crippen molar-refractivity contribution in [3.8, 4) is 0 Å². The molecule has 1 unspecified atom stereocenters. The molecule has 0 spiro atoms. The van der Waals surface area contributed by atoms with Crippen LogP contribution in [0.2, 0.25) is 10.0 Å². The van der Waals surface area contributed by atoms with E-state index in [1.807, 2.05) is 70.2 Å². The number of thiocarbonyl (C=S) groups is 1. The Bertz CT molecular complexity index is 1170. The van der Waals surface area contributed by atoms with Crippen molar-refractivity contribution in [2.75, 3.05) is 55.8 Å². The largest absolute Gasteiger partial charge is 0.459 e. The molecule has 1 aliphatic rings. The number of nitrogens with zero attached hydrogens (tertiary/aromatic N) is 2. The highest BCUT2D eigenvalue weighted by Crippen LogP contribution is 2.33. The minimum atomic E-state index is -0.687. The average Bonchev–Trinajstić information content (AvgIpc) is 2.89. The van der Waals surface area contributed by atoms with Gasteiger partial charge in [-0.1, -0.05) is 65.8 Å². The van der Waals surface area contributed by atoms with Crippen LogP contribution < -0.4 is 4.90 Å². The van der Waals surface area contributed by atoms with Gasteiger partial charge < -0.3 is 14.4 Å². The molecule has 240 valence electrons. The van der Waals surface area contributed by atoms with Gasteiger partial charge in [-0.3, -0.25) is 14.5 Å². The maximum absolute atomic E-state index is 13.6. The molecule has 10 heteroatoms. The zero-order valence-electron chi connectivity index (χ0n) is 26.6. The van der Waals surface area contributed by atoms with E-state index in [-0.39, 0.29) is 31.1 Å². The van der Waals surface area contributed by atoms with Crippen LogP contribution in [0.3, 0.4) is 0 Å². The molecular formula is C33H48Cl2N2O4S2. The summed E-state index contributed by atoms with van der Waals surface area (Å²) in [6.07, 6.45) is 9.67. The molecule has 0 aromatic heterocycles. The Hall–Kier alpha value is -2.10. The van der Waals surface area contributed by atoms with Crippen molar-refractivity contribution < 1.29 is 19.1 Å². The van der Waals surface area contributed by atoms with Crippen molar-refractivity contribution in [3.05, 3.63) is 77.3 Å². The van der Waals surface area contributed by atoms with Crippen LogP contribution >= 0.6 is 45.4 Å². The number of carbonyl (C=O) groups excluding carboxylic acids is 2. The van der Waals surface area contributed by atoms with Crippen LogP contribution in [-0.4, -0.2) is 78.3 Å². The third-order valence-electron chi connectivity index (χ3n) is 5.77. The summed E-state index contributed by atoms with van der Waals surface area (Å²) >= 11 is 17.2. The number of esters is 1. The number of benzene rings is 2. The van der Waals surface area contributed by atoms with Gasteiger partial charge in [-0.2, -0.15) is 0 Å². The van der Waals surface area contributed by atoms with Crippen molar-refractivity contribution >= 4 is 68.0 Å². The molecule has 1 heterocycles. The van der Waals surface area contributed by atoms with E-state index in [0.29, 0.717) is 41.7 Å². The first-order chi connectivity index (χ1) is 20.1. The van der Waals surface area contributed by atoms with Gasteiger partial charge in [0, 0.05) is 28.0 Å². The summed E-state index contributed by atoms with van der Waals surface area (Å²) < 4.78 is 11.4. The van der Waals surface area contributed by atoms with Crippen molar-refractivity contribution in [1.29, 1.82) is 0 Å². The zero-order chi connectivity index (χ0) is 32.6. The van der Waals surface area contributed by atoms with E-state index in [0.717, 1.165) is 10.8 Å². The highest BCUT2D eigenvalue weighted by Gasteiger charge is 2.33. The van der Waals surface area contributed by atoms with Crippen LogP contribution in [-0.2, 0) is 19.1 Å². The molecule has 0 N–H and O–H groups in total. The Morgan fingerprint density at radius 3 is 2.21 bits per heavy atom. The third kappa shape index (κ3) is 17.1. The van der Waals surface area contributed by atoms with E-state index < -0.39 is 15.6 Å². The van der Waals surface area contributed by atoms with Crippen molar-refractivity contribution in [3.63, 3.8) is 0 Å². The van der Waals surface area contributed by atoms with Crippen LogP contribution in [0.4, 0.5) is 5.69 Å². The lowest BCUT2D eigenvalue weighted by molar-refractivity contribution is -0.155. The van der Waals surface area contributed by atoms with E-state index in [9.17, 15) is 9.59 Å². The fourth-order valence-corrected chi connectivity index (χ4v) is 5.01. The summed E-state index contributed by atoms with van der Waals surface area (Å²) in [6.45, 7) is 11.9. The summed E-state index contributed by atoms with van der Waals surface area (Å²) in [5, 5.41) is 1.35. The number of hydrogen-bond donors (Lipinski definition) is 0. The second-order valence-corrected chi connectivity index (χ2v) is 17.8. The molecular weight excluding hydrogens is 623 g/mol. The number of likely N-dealkylation sites (tertiary alicyclic amines) is 1. The van der Waals surface area contributed by atoms with Gasteiger partial charge in [-0.15, -0.1) is 6.58 Å². The minimum absolute atomic E-state index is 0.0436. The number of carbonyl (C=O) groups is 2. The van der Waals surface area contributed by atoms with Crippen LogP contribution in [0.15, 0.2) is 67.3 Å². The molecule has 43 heavy (non-hydrogen) atoms. The van der Waals surface area contributed by atoms with Crippen LogP contribution in [0, 0.1) is 5.92 Å². The minimum Gasteiger partial charge on any atom is -0.459 e. The lowest BCUT2D eigenvalue weighted by atomic mass is 9.96. The molecule has 2 aromatic rings. The Kier molecular flexibility index (Phi) is 17.5. The lowest BCUT2D eigenvalue weighted by Gasteiger charge is -2.36. The molecule has 3 rings (SSSR count). The average molecular weight is 672 g/mol. The number of hydrogen-bond acceptors (Lipinski definition) is 5. The summed E-state index contributed by atoms with van der Waals surface area (Å²) in [4.78, 5) is 30.1. The topological polar surface area (TPSA) is 59.1 Å². The first-order valence-electron chi connectivity index (χ1n) is 14.1. The smallest absolute Gasteiger partial charge is 0.326 e. The summed E-state index contributed by atoms with van der Waals surface area (Å²) in [7, 11) is -0.687. The summed E-state index contributed by atoms with van der Waals surface area (Å²) in [5.74, 6) is 0.246. The van der Waals surface area contributed by atoms with Gasteiger partial charge in [0.15, 0.2) is 0 Å². The summed E-state index contributed by atoms with van der Waals surface area (Å²) in [6, 6.07) is 16.7. The fourth-order valence-electron chi connectivity index (χ4n) is 3.81.